The fourth-order valence-corrected chi connectivity index (χ4v) is 2.72. The van der Waals surface area contributed by atoms with Crippen molar-refractivity contribution in [2.45, 2.75) is 24.0 Å². The van der Waals surface area contributed by atoms with Crippen LogP contribution in [0.5, 0.6) is 0 Å². The molecule has 0 spiro atoms. The third-order valence-electron chi connectivity index (χ3n) is 3.04. The molecule has 6 nitrogen and oxygen atoms in total. The number of aromatic amines is 1. The standard InChI is InChI=1S/C13H13FN4O2S/c14-8-1-3-9(4-2-8)15-11(19)7-21-13-17-16-12(20)18(13)10-5-6-10/h1-4,10H,5-7H2,(H,15,19)(H,16,20). The van der Waals surface area contributed by atoms with Crippen LogP contribution in [0.3, 0.4) is 0 Å². The molecule has 21 heavy (non-hydrogen) atoms. The number of anilines is 1. The maximum Gasteiger partial charge on any atom is 0.344 e. The van der Waals surface area contributed by atoms with Gasteiger partial charge >= 0.3 is 5.69 Å². The number of carbonyl (C=O) groups is 1. The second-order valence-electron chi connectivity index (χ2n) is 4.76. The number of carbonyl (C=O) groups excluding carboxylic acids is 1. The van der Waals surface area contributed by atoms with Crippen LogP contribution in [0.2, 0.25) is 0 Å². The Balaban J connectivity index is 1.58. The lowest BCUT2D eigenvalue weighted by Crippen LogP contribution is -2.17. The van der Waals surface area contributed by atoms with Gasteiger partial charge in [-0.2, -0.15) is 0 Å². The minimum Gasteiger partial charge on any atom is -0.325 e. The van der Waals surface area contributed by atoms with Crippen LogP contribution in [0.4, 0.5) is 10.1 Å². The molecule has 0 unspecified atom stereocenters. The second kappa shape index (κ2) is 5.72. The smallest absolute Gasteiger partial charge is 0.325 e. The summed E-state index contributed by atoms with van der Waals surface area (Å²) in [5.41, 5.74) is 0.294. The van der Waals surface area contributed by atoms with Crippen LogP contribution in [0.25, 0.3) is 0 Å². The fourth-order valence-electron chi connectivity index (χ4n) is 1.91. The van der Waals surface area contributed by atoms with Crippen molar-refractivity contribution in [2.24, 2.45) is 0 Å². The molecule has 2 aromatic rings. The van der Waals surface area contributed by atoms with Gasteiger partial charge in [0.05, 0.1) is 5.75 Å². The number of halogens is 1. The van der Waals surface area contributed by atoms with E-state index in [-0.39, 0.29) is 29.2 Å². The average molecular weight is 308 g/mol. The molecule has 1 aromatic carbocycles. The molecular formula is C13H13FN4O2S. The molecule has 110 valence electrons. The third-order valence-corrected chi connectivity index (χ3v) is 4.00. The molecule has 1 fully saturated rings. The summed E-state index contributed by atoms with van der Waals surface area (Å²) in [6.07, 6.45) is 1.93. The number of amides is 1. The van der Waals surface area contributed by atoms with Gasteiger partial charge in [-0.05, 0) is 37.1 Å². The lowest BCUT2D eigenvalue weighted by atomic mass is 10.3. The number of aromatic nitrogens is 3. The van der Waals surface area contributed by atoms with E-state index in [1.807, 2.05) is 0 Å². The zero-order valence-corrected chi connectivity index (χ0v) is 11.8. The lowest BCUT2D eigenvalue weighted by Gasteiger charge is -2.05. The summed E-state index contributed by atoms with van der Waals surface area (Å²) in [5.74, 6) is -0.453. The molecule has 1 aromatic heterocycles. The Morgan fingerprint density at radius 3 is 2.81 bits per heavy atom. The molecule has 0 bridgehead atoms. The van der Waals surface area contributed by atoms with E-state index in [9.17, 15) is 14.0 Å². The minimum absolute atomic E-state index is 0.133. The summed E-state index contributed by atoms with van der Waals surface area (Å²) in [7, 11) is 0. The molecule has 8 heteroatoms. The van der Waals surface area contributed by atoms with E-state index in [4.69, 9.17) is 0 Å². The number of rotatable bonds is 5. The molecule has 0 saturated heterocycles. The topological polar surface area (TPSA) is 79.8 Å². The Kier molecular flexibility index (Phi) is 3.78. The van der Waals surface area contributed by atoms with Crippen molar-refractivity contribution in [1.82, 2.24) is 14.8 Å². The number of H-pyrrole nitrogens is 1. The number of benzene rings is 1. The lowest BCUT2D eigenvalue weighted by molar-refractivity contribution is -0.113. The van der Waals surface area contributed by atoms with Gasteiger partial charge in [0, 0.05) is 11.7 Å². The largest absolute Gasteiger partial charge is 0.344 e. The van der Waals surface area contributed by atoms with Gasteiger partial charge in [-0.3, -0.25) is 9.36 Å². The highest BCUT2D eigenvalue weighted by Crippen LogP contribution is 2.35. The molecule has 0 radical (unpaired) electrons. The Bertz CT molecular complexity index is 706. The van der Waals surface area contributed by atoms with Crippen molar-refractivity contribution in [2.75, 3.05) is 11.1 Å². The van der Waals surface area contributed by atoms with Crippen LogP contribution in [-0.4, -0.2) is 26.4 Å². The van der Waals surface area contributed by atoms with Crippen molar-refractivity contribution in [3.05, 3.63) is 40.6 Å². The van der Waals surface area contributed by atoms with E-state index < -0.39 is 0 Å². The number of hydrogen-bond acceptors (Lipinski definition) is 4. The minimum atomic E-state index is -0.354. The molecule has 1 saturated carbocycles. The quantitative estimate of drug-likeness (QED) is 0.825. The summed E-state index contributed by atoms with van der Waals surface area (Å²) in [4.78, 5) is 23.4. The highest BCUT2D eigenvalue weighted by Gasteiger charge is 2.28. The van der Waals surface area contributed by atoms with E-state index >= 15 is 0 Å². The first-order valence-electron chi connectivity index (χ1n) is 6.48. The van der Waals surface area contributed by atoms with Crippen molar-refractivity contribution in [3.8, 4) is 0 Å². The summed E-state index contributed by atoms with van der Waals surface area (Å²) >= 11 is 1.20. The van der Waals surface area contributed by atoms with Crippen LogP contribution in [0.15, 0.2) is 34.2 Å². The third kappa shape index (κ3) is 3.33. The van der Waals surface area contributed by atoms with Crippen LogP contribution in [-0.2, 0) is 4.79 Å². The SMILES string of the molecule is O=C(CSc1n[nH]c(=O)n1C1CC1)Nc1ccc(F)cc1. The average Bonchev–Trinajstić information content (AvgIpc) is 3.23. The van der Waals surface area contributed by atoms with E-state index in [1.165, 1.54) is 36.0 Å². The Labute approximate surface area is 123 Å². The van der Waals surface area contributed by atoms with E-state index in [2.05, 4.69) is 15.5 Å². The summed E-state index contributed by atoms with van der Waals surface area (Å²) < 4.78 is 14.4. The van der Waals surface area contributed by atoms with Crippen LogP contribution >= 0.6 is 11.8 Å². The Morgan fingerprint density at radius 1 is 1.43 bits per heavy atom. The summed E-state index contributed by atoms with van der Waals surface area (Å²) in [5, 5.41) is 9.51. The van der Waals surface area contributed by atoms with Gasteiger partial charge in [-0.15, -0.1) is 5.10 Å². The first-order valence-corrected chi connectivity index (χ1v) is 7.47. The second-order valence-corrected chi connectivity index (χ2v) is 5.70. The predicted molar refractivity (Wildman–Crippen MR) is 76.9 cm³/mol. The predicted octanol–water partition coefficient (Wildman–Crippen LogP) is 1.78. The highest BCUT2D eigenvalue weighted by atomic mass is 32.2. The molecule has 1 heterocycles. The monoisotopic (exact) mass is 308 g/mol. The van der Waals surface area contributed by atoms with Gasteiger partial charge in [0.25, 0.3) is 0 Å². The molecule has 3 rings (SSSR count). The molecule has 0 atom stereocenters. The van der Waals surface area contributed by atoms with Crippen LogP contribution < -0.4 is 11.0 Å². The normalized spacial score (nSPS) is 14.1. The molecule has 1 aliphatic rings. The van der Waals surface area contributed by atoms with Crippen molar-refractivity contribution >= 4 is 23.4 Å². The number of nitrogens with one attached hydrogen (secondary N) is 2. The van der Waals surface area contributed by atoms with Gasteiger partial charge in [0.15, 0.2) is 5.16 Å². The molecule has 0 aliphatic heterocycles. The van der Waals surface area contributed by atoms with Crippen molar-refractivity contribution < 1.29 is 9.18 Å². The van der Waals surface area contributed by atoms with Crippen molar-refractivity contribution in [1.29, 1.82) is 0 Å². The highest BCUT2D eigenvalue weighted by molar-refractivity contribution is 7.99. The first-order chi connectivity index (χ1) is 10.1. The van der Waals surface area contributed by atoms with Gasteiger partial charge in [-0.1, -0.05) is 11.8 Å². The number of thioether (sulfide) groups is 1. The maximum absolute atomic E-state index is 12.8. The first kappa shape index (κ1) is 13.9. The zero-order valence-electron chi connectivity index (χ0n) is 11.0. The van der Waals surface area contributed by atoms with E-state index in [0.29, 0.717) is 10.8 Å². The molecule has 2 N–H and O–H groups in total. The van der Waals surface area contributed by atoms with Gasteiger partial charge in [0.2, 0.25) is 5.91 Å². The van der Waals surface area contributed by atoms with Crippen LogP contribution in [0.1, 0.15) is 18.9 Å². The summed E-state index contributed by atoms with van der Waals surface area (Å²) in [6, 6.07) is 5.75. The van der Waals surface area contributed by atoms with Crippen molar-refractivity contribution in [3.63, 3.8) is 0 Å². The maximum atomic E-state index is 12.8. The molecule has 1 amide bonds. The fraction of sp³-hybridized carbons (Fsp3) is 0.308. The van der Waals surface area contributed by atoms with Gasteiger partial charge in [-0.25, -0.2) is 14.3 Å². The Morgan fingerprint density at radius 2 is 2.14 bits per heavy atom. The Hall–Kier alpha value is -2.09. The van der Waals surface area contributed by atoms with E-state index in [0.717, 1.165) is 12.8 Å². The van der Waals surface area contributed by atoms with Crippen LogP contribution in [0, 0.1) is 5.82 Å². The molecule has 1 aliphatic carbocycles. The zero-order chi connectivity index (χ0) is 14.8. The number of nitrogens with zero attached hydrogens (tertiary/aromatic N) is 2. The van der Waals surface area contributed by atoms with E-state index in [1.54, 1.807) is 4.57 Å². The summed E-state index contributed by atoms with van der Waals surface area (Å²) in [6.45, 7) is 0. The van der Waals surface area contributed by atoms with Gasteiger partial charge in [0.1, 0.15) is 5.82 Å². The van der Waals surface area contributed by atoms with Gasteiger partial charge < -0.3 is 5.32 Å². The molecular weight excluding hydrogens is 295 g/mol. The number of hydrogen-bond donors (Lipinski definition) is 2.